The van der Waals surface area contributed by atoms with E-state index in [4.69, 9.17) is 4.74 Å². The summed E-state index contributed by atoms with van der Waals surface area (Å²) < 4.78 is 43.7. The maximum atomic E-state index is 12.5. The molecule has 0 unspecified atom stereocenters. The monoisotopic (exact) mass is 277 g/mol. The normalized spacial score (nSPS) is 16.0. The van der Waals surface area contributed by atoms with Gasteiger partial charge in [-0.1, -0.05) is 13.3 Å². The Morgan fingerprint density at radius 1 is 1.37 bits per heavy atom. The molecule has 108 valence electrons. The fraction of sp³-hybridized carbons (Fsp3) is 0.833. The number of hydrogen-bond donors (Lipinski definition) is 0. The second-order valence-electron chi connectivity index (χ2n) is 4.84. The van der Waals surface area contributed by atoms with Gasteiger partial charge >= 0.3 is 6.18 Å². The van der Waals surface area contributed by atoms with Gasteiger partial charge in [-0.3, -0.25) is 0 Å². The Bertz CT molecular complexity index is 413. The molecule has 0 N–H and O–H groups in total. The largest absolute Gasteiger partial charge is 0.408 e. The third-order valence-corrected chi connectivity index (χ3v) is 2.91. The van der Waals surface area contributed by atoms with Gasteiger partial charge in [0.05, 0.1) is 0 Å². The molecule has 1 saturated carbocycles. The van der Waals surface area contributed by atoms with Gasteiger partial charge in [-0.05, 0) is 19.3 Å². The molecular formula is C12H18F3N3O. The summed E-state index contributed by atoms with van der Waals surface area (Å²) in [6.45, 7) is 1.56. The number of aromatic nitrogens is 3. The zero-order valence-corrected chi connectivity index (χ0v) is 10.9. The maximum absolute atomic E-state index is 12.5. The van der Waals surface area contributed by atoms with Crippen LogP contribution in [0.1, 0.15) is 50.2 Å². The molecule has 1 heterocycles. The molecule has 0 amide bonds. The van der Waals surface area contributed by atoms with Crippen LogP contribution < -0.4 is 0 Å². The van der Waals surface area contributed by atoms with Crippen LogP contribution in [0.25, 0.3) is 0 Å². The fourth-order valence-corrected chi connectivity index (χ4v) is 1.72. The Labute approximate surface area is 110 Å². The minimum Gasteiger partial charge on any atom is -0.373 e. The van der Waals surface area contributed by atoms with E-state index >= 15 is 0 Å². The van der Waals surface area contributed by atoms with Crippen LogP contribution in [0.15, 0.2) is 0 Å². The van der Waals surface area contributed by atoms with E-state index in [2.05, 4.69) is 10.1 Å². The third-order valence-electron chi connectivity index (χ3n) is 2.91. The molecule has 1 aromatic heterocycles. The van der Waals surface area contributed by atoms with Crippen LogP contribution in [-0.2, 0) is 17.9 Å². The van der Waals surface area contributed by atoms with Crippen molar-refractivity contribution in [1.29, 1.82) is 0 Å². The van der Waals surface area contributed by atoms with E-state index in [0.717, 1.165) is 30.4 Å². The maximum Gasteiger partial charge on any atom is 0.408 e. The van der Waals surface area contributed by atoms with Crippen molar-refractivity contribution in [3.8, 4) is 0 Å². The minimum absolute atomic E-state index is 0.0931. The van der Waals surface area contributed by atoms with Crippen LogP contribution in [0.2, 0.25) is 0 Å². The average molecular weight is 277 g/mol. The third kappa shape index (κ3) is 4.49. The predicted molar refractivity (Wildman–Crippen MR) is 62.6 cm³/mol. The zero-order chi connectivity index (χ0) is 13.9. The van der Waals surface area contributed by atoms with Crippen LogP contribution in [0.3, 0.4) is 0 Å². The zero-order valence-electron chi connectivity index (χ0n) is 10.9. The SMILES string of the molecule is CCCCOCc1nc(C2CC2)nn1CC(F)(F)F. The molecule has 0 atom stereocenters. The smallest absolute Gasteiger partial charge is 0.373 e. The van der Waals surface area contributed by atoms with Gasteiger partial charge in [0.1, 0.15) is 13.2 Å². The molecule has 0 aliphatic heterocycles. The van der Waals surface area contributed by atoms with E-state index in [9.17, 15) is 13.2 Å². The Kier molecular flexibility index (Phi) is 4.44. The number of alkyl halides is 3. The topological polar surface area (TPSA) is 39.9 Å². The highest BCUT2D eigenvalue weighted by Gasteiger charge is 2.33. The van der Waals surface area contributed by atoms with Crippen LogP contribution in [0.4, 0.5) is 13.2 Å². The van der Waals surface area contributed by atoms with Gasteiger partial charge in [0.2, 0.25) is 0 Å². The summed E-state index contributed by atoms with van der Waals surface area (Å²) in [5, 5.41) is 3.96. The Balaban J connectivity index is 2.01. The van der Waals surface area contributed by atoms with Crippen molar-refractivity contribution in [2.24, 2.45) is 0 Å². The molecule has 2 rings (SSSR count). The molecule has 0 saturated heterocycles. The van der Waals surface area contributed by atoms with Gasteiger partial charge in [-0.15, -0.1) is 0 Å². The molecule has 1 aromatic rings. The van der Waals surface area contributed by atoms with Crippen molar-refractivity contribution in [2.75, 3.05) is 6.61 Å². The van der Waals surface area contributed by atoms with Crippen molar-refractivity contribution in [1.82, 2.24) is 14.8 Å². The summed E-state index contributed by atoms with van der Waals surface area (Å²) in [6, 6.07) is 0. The quantitative estimate of drug-likeness (QED) is 0.719. The average Bonchev–Trinajstić information content (AvgIpc) is 3.08. The minimum atomic E-state index is -4.29. The second-order valence-corrected chi connectivity index (χ2v) is 4.84. The molecule has 7 heteroatoms. The van der Waals surface area contributed by atoms with E-state index in [1.807, 2.05) is 6.92 Å². The van der Waals surface area contributed by atoms with Crippen molar-refractivity contribution >= 4 is 0 Å². The van der Waals surface area contributed by atoms with E-state index in [1.54, 1.807) is 0 Å². The lowest BCUT2D eigenvalue weighted by atomic mass is 10.4. The van der Waals surface area contributed by atoms with E-state index in [0.29, 0.717) is 12.4 Å². The fourth-order valence-electron chi connectivity index (χ4n) is 1.72. The lowest BCUT2D eigenvalue weighted by molar-refractivity contribution is -0.143. The van der Waals surface area contributed by atoms with Crippen molar-refractivity contribution in [2.45, 2.75) is 57.9 Å². The van der Waals surface area contributed by atoms with Gasteiger partial charge in [0.15, 0.2) is 11.6 Å². The summed E-state index contributed by atoms with van der Waals surface area (Å²) in [5.41, 5.74) is 0. The lowest BCUT2D eigenvalue weighted by Crippen LogP contribution is -2.21. The summed E-state index contributed by atoms with van der Waals surface area (Å²) in [4.78, 5) is 4.18. The van der Waals surface area contributed by atoms with Crippen molar-refractivity contribution in [3.63, 3.8) is 0 Å². The highest BCUT2D eigenvalue weighted by molar-refractivity contribution is 5.06. The van der Waals surface area contributed by atoms with Crippen molar-refractivity contribution < 1.29 is 17.9 Å². The molecule has 1 aliphatic rings. The summed E-state index contributed by atoms with van der Waals surface area (Å²) >= 11 is 0. The first kappa shape index (κ1) is 14.3. The highest BCUT2D eigenvalue weighted by Crippen LogP contribution is 2.38. The Hall–Kier alpha value is -1.11. The first-order valence-electron chi connectivity index (χ1n) is 6.57. The molecule has 1 fully saturated rings. The summed E-state index contributed by atoms with van der Waals surface area (Å²) in [5.74, 6) is 1.04. The molecule has 0 bridgehead atoms. The summed E-state index contributed by atoms with van der Waals surface area (Å²) in [6.07, 6.45) is -0.476. The molecule has 0 radical (unpaired) electrons. The molecule has 4 nitrogen and oxygen atoms in total. The Morgan fingerprint density at radius 2 is 2.11 bits per heavy atom. The number of hydrogen-bond acceptors (Lipinski definition) is 3. The number of ether oxygens (including phenoxy) is 1. The van der Waals surface area contributed by atoms with Crippen LogP contribution in [0.5, 0.6) is 0 Å². The number of rotatable bonds is 7. The van der Waals surface area contributed by atoms with Crippen LogP contribution >= 0.6 is 0 Å². The van der Waals surface area contributed by atoms with Gasteiger partial charge in [0, 0.05) is 12.5 Å². The first-order valence-corrected chi connectivity index (χ1v) is 6.57. The standard InChI is InChI=1S/C12H18F3N3O/c1-2-3-6-19-7-10-16-11(9-4-5-9)17-18(10)8-12(13,14)15/h9H,2-8H2,1H3. The van der Waals surface area contributed by atoms with Gasteiger partial charge in [-0.2, -0.15) is 18.3 Å². The predicted octanol–water partition coefficient (Wildman–Crippen LogP) is 3.03. The molecule has 0 aromatic carbocycles. The van der Waals surface area contributed by atoms with E-state index in [1.165, 1.54) is 0 Å². The van der Waals surface area contributed by atoms with Gasteiger partial charge < -0.3 is 4.74 Å². The van der Waals surface area contributed by atoms with Crippen molar-refractivity contribution in [3.05, 3.63) is 11.6 Å². The van der Waals surface area contributed by atoms with Gasteiger partial charge in [-0.25, -0.2) is 9.67 Å². The van der Waals surface area contributed by atoms with E-state index in [-0.39, 0.29) is 18.3 Å². The number of halogens is 3. The van der Waals surface area contributed by atoms with E-state index < -0.39 is 12.7 Å². The van der Waals surface area contributed by atoms with Gasteiger partial charge in [0.25, 0.3) is 0 Å². The molecule has 1 aliphatic carbocycles. The molecule has 19 heavy (non-hydrogen) atoms. The Morgan fingerprint density at radius 3 is 2.68 bits per heavy atom. The molecular weight excluding hydrogens is 259 g/mol. The number of unbranched alkanes of at least 4 members (excludes halogenated alkanes) is 1. The lowest BCUT2D eigenvalue weighted by Gasteiger charge is -2.09. The van der Waals surface area contributed by atoms with Crippen LogP contribution in [-0.4, -0.2) is 27.5 Å². The highest BCUT2D eigenvalue weighted by atomic mass is 19.4. The summed E-state index contributed by atoms with van der Waals surface area (Å²) in [7, 11) is 0. The number of nitrogens with zero attached hydrogens (tertiary/aromatic N) is 3. The molecule has 0 spiro atoms. The van der Waals surface area contributed by atoms with Crippen LogP contribution in [0, 0.1) is 0 Å². The second kappa shape index (κ2) is 5.90. The first-order chi connectivity index (χ1) is 8.99.